The lowest BCUT2D eigenvalue weighted by molar-refractivity contribution is -0.870. The second-order valence-corrected chi connectivity index (χ2v) is 19.2. The van der Waals surface area contributed by atoms with Gasteiger partial charge in [-0.15, -0.1) is 0 Å². The molecule has 0 fully saturated rings. The number of quaternary nitrogens is 1. The highest BCUT2D eigenvalue weighted by Gasteiger charge is 2.21. The molecule has 9 nitrogen and oxygen atoms in total. The Morgan fingerprint density at radius 3 is 1.28 bits per heavy atom. The van der Waals surface area contributed by atoms with Crippen molar-refractivity contribution in [2.24, 2.45) is 0 Å². The highest BCUT2D eigenvalue weighted by Crippen LogP contribution is 2.38. The van der Waals surface area contributed by atoms with Crippen LogP contribution < -0.4 is 4.89 Å². The molecule has 0 radical (unpaired) electrons. The van der Waals surface area contributed by atoms with E-state index in [1.165, 1.54) is 161 Å². The van der Waals surface area contributed by atoms with Gasteiger partial charge in [0.2, 0.25) is 0 Å². The molecule has 0 aliphatic carbocycles. The number of nitrogens with zero attached hydrogens (tertiary/aromatic N) is 1. The summed E-state index contributed by atoms with van der Waals surface area (Å²) >= 11 is 0. The molecule has 0 aromatic carbocycles. The predicted octanol–water partition coefficient (Wildman–Crippen LogP) is 13.5. The molecule has 2 atom stereocenters. The van der Waals surface area contributed by atoms with Crippen LogP contribution in [-0.4, -0.2) is 70.0 Å². The van der Waals surface area contributed by atoms with E-state index in [4.69, 9.17) is 18.5 Å². The van der Waals surface area contributed by atoms with Crippen LogP contribution in [0.3, 0.4) is 0 Å². The van der Waals surface area contributed by atoms with Crippen LogP contribution in [0, 0.1) is 0 Å². The molecule has 0 amide bonds. The molecular weight excluding hydrogens is 750 g/mol. The molecule has 0 saturated carbocycles. The molecule has 0 N–H and O–H groups in total. The van der Waals surface area contributed by atoms with Crippen molar-refractivity contribution < 1.29 is 42.1 Å². The molecule has 0 saturated heterocycles. The summed E-state index contributed by atoms with van der Waals surface area (Å²) in [6.07, 6.45) is 43.7. The summed E-state index contributed by atoms with van der Waals surface area (Å²) in [7, 11) is 1.18. The minimum atomic E-state index is -4.62. The van der Waals surface area contributed by atoms with E-state index in [9.17, 15) is 19.0 Å². The van der Waals surface area contributed by atoms with Crippen molar-refractivity contribution in [2.45, 2.75) is 238 Å². The Morgan fingerprint density at radius 1 is 0.517 bits per heavy atom. The van der Waals surface area contributed by atoms with E-state index in [0.717, 1.165) is 38.5 Å². The third-order valence-corrected chi connectivity index (χ3v) is 11.7. The summed E-state index contributed by atoms with van der Waals surface area (Å²) in [5, 5.41) is 0. The summed E-state index contributed by atoms with van der Waals surface area (Å²) in [6.45, 7) is 4.26. The van der Waals surface area contributed by atoms with Gasteiger partial charge in [0, 0.05) is 12.8 Å². The lowest BCUT2D eigenvalue weighted by atomic mass is 10.0. The molecule has 0 bridgehead atoms. The van der Waals surface area contributed by atoms with Crippen LogP contribution in [0.5, 0.6) is 0 Å². The molecule has 344 valence electrons. The number of hydrogen-bond donors (Lipinski definition) is 0. The van der Waals surface area contributed by atoms with Gasteiger partial charge < -0.3 is 27.9 Å². The maximum absolute atomic E-state index is 12.7. The number of likely N-dealkylation sites (N-methyl/N-ethyl adjacent to an activating group) is 1. The summed E-state index contributed by atoms with van der Waals surface area (Å²) < 4.78 is 34.0. The van der Waals surface area contributed by atoms with Crippen LogP contribution in [0.2, 0.25) is 0 Å². The minimum Gasteiger partial charge on any atom is -0.756 e. The first kappa shape index (κ1) is 56.8. The van der Waals surface area contributed by atoms with Crippen molar-refractivity contribution in [3.63, 3.8) is 0 Å². The number of carbonyl (C=O) groups is 2. The summed E-state index contributed by atoms with van der Waals surface area (Å²) in [5.41, 5.74) is 0. The number of rotatable bonds is 45. The van der Waals surface area contributed by atoms with Gasteiger partial charge in [0.15, 0.2) is 6.10 Å². The van der Waals surface area contributed by atoms with Crippen LogP contribution in [0.4, 0.5) is 0 Å². The first-order chi connectivity index (χ1) is 28.0. The number of phosphoric acid groups is 1. The molecule has 0 aromatic heterocycles. The van der Waals surface area contributed by atoms with Gasteiger partial charge in [0.25, 0.3) is 7.82 Å². The van der Waals surface area contributed by atoms with Crippen LogP contribution in [0.15, 0.2) is 12.2 Å². The Kier molecular flexibility index (Phi) is 40.2. The van der Waals surface area contributed by atoms with Gasteiger partial charge in [-0.3, -0.25) is 14.2 Å². The Bertz CT molecular complexity index is 1000. The van der Waals surface area contributed by atoms with Crippen LogP contribution >= 0.6 is 7.82 Å². The van der Waals surface area contributed by atoms with Crippen molar-refractivity contribution in [1.82, 2.24) is 0 Å². The van der Waals surface area contributed by atoms with Crippen molar-refractivity contribution in [1.29, 1.82) is 0 Å². The van der Waals surface area contributed by atoms with Crippen molar-refractivity contribution in [2.75, 3.05) is 47.5 Å². The number of ether oxygens (including phenoxy) is 2. The monoisotopic (exact) mass is 844 g/mol. The lowest BCUT2D eigenvalue weighted by Crippen LogP contribution is -2.37. The Morgan fingerprint density at radius 2 is 0.879 bits per heavy atom. The first-order valence-electron chi connectivity index (χ1n) is 24.4. The normalized spacial score (nSPS) is 13.6. The molecule has 0 aliphatic rings. The number of esters is 2. The number of hydrogen-bond acceptors (Lipinski definition) is 8. The smallest absolute Gasteiger partial charge is 0.306 e. The fourth-order valence-electron chi connectivity index (χ4n) is 6.95. The van der Waals surface area contributed by atoms with Gasteiger partial charge in [-0.2, -0.15) is 0 Å². The SMILES string of the molecule is CCCCCCCCCC/C=C\CCCCCCCCCC(=O)OC[C@H](COP(=O)([O-])OCC[N+](C)(C)C)OC(=O)CCCCCCCCCCCCCCCCC. The van der Waals surface area contributed by atoms with E-state index in [1.807, 2.05) is 21.1 Å². The Labute approximate surface area is 358 Å². The van der Waals surface area contributed by atoms with Gasteiger partial charge in [-0.25, -0.2) is 0 Å². The van der Waals surface area contributed by atoms with Crippen molar-refractivity contribution in [3.05, 3.63) is 12.2 Å². The van der Waals surface area contributed by atoms with E-state index < -0.39 is 26.5 Å². The molecule has 1 unspecified atom stereocenters. The average molecular weight is 844 g/mol. The van der Waals surface area contributed by atoms with E-state index in [2.05, 4.69) is 26.0 Å². The summed E-state index contributed by atoms with van der Waals surface area (Å²) in [4.78, 5) is 37.6. The second-order valence-electron chi connectivity index (χ2n) is 17.8. The largest absolute Gasteiger partial charge is 0.756 e. The number of unbranched alkanes of at least 4 members (excludes halogenated alkanes) is 29. The quantitative estimate of drug-likeness (QED) is 0.0196. The standard InChI is InChI=1S/C48H94NO8P/c1-6-8-10-12-14-16-18-20-22-23-24-25-27-28-30-32-34-36-38-40-47(50)54-44-46(45-56-58(52,53)55-43-42-49(3,4)5)57-48(51)41-39-37-35-33-31-29-26-21-19-17-15-13-11-9-7-2/h23-24,46H,6-22,25-45H2,1-5H3/b24-23-/t46-/m1/s1. The fourth-order valence-corrected chi connectivity index (χ4v) is 7.67. The number of allylic oxidation sites excluding steroid dienone is 2. The van der Waals surface area contributed by atoms with Gasteiger partial charge in [-0.1, -0.05) is 193 Å². The summed E-state index contributed by atoms with van der Waals surface area (Å²) in [6, 6.07) is 0. The maximum Gasteiger partial charge on any atom is 0.306 e. The molecule has 10 heteroatoms. The molecule has 0 rings (SSSR count). The van der Waals surface area contributed by atoms with Crippen LogP contribution in [-0.2, 0) is 32.7 Å². The summed E-state index contributed by atoms with van der Waals surface area (Å²) in [5.74, 6) is -0.826. The number of carbonyl (C=O) groups excluding carboxylic acids is 2. The van der Waals surface area contributed by atoms with E-state index in [-0.39, 0.29) is 32.0 Å². The van der Waals surface area contributed by atoms with E-state index in [1.54, 1.807) is 0 Å². The zero-order valence-electron chi connectivity index (χ0n) is 38.8. The maximum atomic E-state index is 12.7. The fraction of sp³-hybridized carbons (Fsp3) is 0.917. The Hall–Kier alpha value is -1.25. The van der Waals surface area contributed by atoms with Crippen molar-refractivity contribution >= 4 is 19.8 Å². The molecule has 0 aromatic rings. The third-order valence-electron chi connectivity index (χ3n) is 10.8. The van der Waals surface area contributed by atoms with Gasteiger partial charge in [0.1, 0.15) is 19.8 Å². The second kappa shape index (κ2) is 41.1. The van der Waals surface area contributed by atoms with Gasteiger partial charge in [0.05, 0.1) is 27.7 Å². The highest BCUT2D eigenvalue weighted by molar-refractivity contribution is 7.45. The highest BCUT2D eigenvalue weighted by atomic mass is 31.2. The number of phosphoric ester groups is 1. The third kappa shape index (κ3) is 44.3. The van der Waals surface area contributed by atoms with E-state index >= 15 is 0 Å². The van der Waals surface area contributed by atoms with E-state index in [0.29, 0.717) is 17.4 Å². The topological polar surface area (TPSA) is 111 Å². The molecule has 58 heavy (non-hydrogen) atoms. The van der Waals surface area contributed by atoms with Crippen LogP contribution in [0.25, 0.3) is 0 Å². The van der Waals surface area contributed by atoms with Gasteiger partial charge in [-0.05, 0) is 38.5 Å². The van der Waals surface area contributed by atoms with Gasteiger partial charge >= 0.3 is 11.9 Å². The first-order valence-corrected chi connectivity index (χ1v) is 25.9. The molecule has 0 aliphatic heterocycles. The molecular formula is C48H94NO8P. The molecule has 0 spiro atoms. The Balaban J connectivity index is 4.26. The lowest BCUT2D eigenvalue weighted by Gasteiger charge is -2.28. The van der Waals surface area contributed by atoms with Crippen molar-refractivity contribution in [3.8, 4) is 0 Å². The van der Waals surface area contributed by atoms with Crippen LogP contribution in [0.1, 0.15) is 232 Å². The zero-order valence-corrected chi connectivity index (χ0v) is 39.7. The zero-order chi connectivity index (χ0) is 42.8. The predicted molar refractivity (Wildman–Crippen MR) is 241 cm³/mol. The average Bonchev–Trinajstić information content (AvgIpc) is 3.17. The molecule has 0 heterocycles. The minimum absolute atomic E-state index is 0.0281.